The molecule has 0 bridgehead atoms. The number of rotatable bonds is 8. The molecule has 1 aliphatic carbocycles. The van der Waals surface area contributed by atoms with Gasteiger partial charge < -0.3 is 24.9 Å². The van der Waals surface area contributed by atoms with Gasteiger partial charge in [0.15, 0.2) is 0 Å². The number of benzene rings is 2. The third-order valence-electron chi connectivity index (χ3n) is 5.59. The van der Waals surface area contributed by atoms with Crippen molar-refractivity contribution in [2.45, 2.75) is 0 Å². The van der Waals surface area contributed by atoms with Crippen molar-refractivity contribution >= 4 is 34.7 Å². The van der Waals surface area contributed by atoms with Crippen LogP contribution in [0.3, 0.4) is 0 Å². The molecule has 0 saturated heterocycles. The van der Waals surface area contributed by atoms with Gasteiger partial charge in [-0.25, -0.2) is 4.98 Å². The molecule has 0 atom stereocenters. The molecule has 5 rings (SSSR count). The lowest BCUT2D eigenvalue weighted by Gasteiger charge is -2.16. The molecule has 178 valence electrons. The van der Waals surface area contributed by atoms with Crippen LogP contribution >= 0.6 is 11.6 Å². The number of fused-ring (bicyclic) bond motifs is 1. The first-order valence-electron chi connectivity index (χ1n) is 10.8. The molecule has 3 aromatic rings. The molecule has 1 aromatic heterocycles. The van der Waals surface area contributed by atoms with Crippen LogP contribution < -0.4 is 20.9 Å². The van der Waals surface area contributed by atoms with Gasteiger partial charge in [-0.3, -0.25) is 10.3 Å². The molecular weight excluding hydrogens is 466 g/mol. The van der Waals surface area contributed by atoms with Gasteiger partial charge in [0.1, 0.15) is 23.0 Å². The van der Waals surface area contributed by atoms with Gasteiger partial charge in [-0.1, -0.05) is 41.9 Å². The van der Waals surface area contributed by atoms with E-state index < -0.39 is 0 Å². The van der Waals surface area contributed by atoms with E-state index in [1.54, 1.807) is 31.3 Å². The Balaban J connectivity index is 1.57. The highest BCUT2D eigenvalue weighted by atomic mass is 35.5. The maximum Gasteiger partial charge on any atom is 0.207 e. The second-order valence-corrected chi connectivity index (χ2v) is 8.08. The third-order valence-corrected chi connectivity index (χ3v) is 5.78. The molecule has 0 unspecified atom stereocenters. The van der Waals surface area contributed by atoms with Gasteiger partial charge in [0.05, 0.1) is 36.9 Å². The number of methoxy groups -OCH3 is 1. The van der Waals surface area contributed by atoms with Crippen LogP contribution in [0.4, 0.5) is 23.1 Å². The number of H-pyrrole nitrogens is 1. The fraction of sp³-hybridized carbons (Fsp3) is 0.120. The first-order valence-corrected chi connectivity index (χ1v) is 11.2. The minimum Gasteiger partial charge on any atom is -0.494 e. The third kappa shape index (κ3) is 4.34. The molecule has 10 heteroatoms. The number of hydrogen-bond acceptors (Lipinski definition) is 7. The van der Waals surface area contributed by atoms with Crippen molar-refractivity contribution in [1.82, 2.24) is 19.5 Å². The molecule has 0 radical (unpaired) electrons. The maximum absolute atomic E-state index is 5.98. The quantitative estimate of drug-likeness (QED) is 0.205. The van der Waals surface area contributed by atoms with Crippen LogP contribution in [0.25, 0.3) is 28.1 Å². The van der Waals surface area contributed by atoms with Gasteiger partial charge in [-0.15, -0.1) is 0 Å². The molecule has 2 heterocycles. The van der Waals surface area contributed by atoms with Crippen molar-refractivity contribution in [3.63, 3.8) is 0 Å². The Kier molecular flexibility index (Phi) is 6.17. The predicted molar refractivity (Wildman–Crippen MR) is 139 cm³/mol. The molecule has 9 nitrogen and oxygen atoms in total. The molecule has 35 heavy (non-hydrogen) atoms. The Bertz CT molecular complexity index is 1430. The Morgan fingerprint density at radius 1 is 1.06 bits per heavy atom. The standard InChI is InChI=1S/C25H24ClN7O2/c1-27-24-22-18(32-35-3)12-17(15-7-5-4-6-8-15)23(22)30-25(31-24)29-16-9-10-19(20(11-16)34-2)33-13-21(26)28-14-33/h4-14,27,32H,1-3H3,(H2,29,30,31). The molecule has 0 saturated carbocycles. The highest BCUT2D eigenvalue weighted by Crippen LogP contribution is 2.45. The minimum atomic E-state index is 0.409. The van der Waals surface area contributed by atoms with Crippen molar-refractivity contribution in [3.8, 4) is 33.8 Å². The normalized spacial score (nSPS) is 11.0. The van der Waals surface area contributed by atoms with E-state index in [1.165, 1.54) is 0 Å². The summed E-state index contributed by atoms with van der Waals surface area (Å²) in [5, 5.41) is 6.97. The summed E-state index contributed by atoms with van der Waals surface area (Å²) >= 11 is 5.98. The molecule has 1 aliphatic heterocycles. The summed E-state index contributed by atoms with van der Waals surface area (Å²) in [5.41, 5.74) is 9.29. The number of imidazole rings is 1. The van der Waals surface area contributed by atoms with Gasteiger partial charge >= 0.3 is 0 Å². The monoisotopic (exact) mass is 489 g/mol. The average Bonchev–Trinajstić information content (AvgIpc) is 3.48. The number of aromatic amines is 1. The lowest BCUT2D eigenvalue weighted by molar-refractivity contribution is 0.271. The van der Waals surface area contributed by atoms with Crippen molar-refractivity contribution in [2.24, 2.45) is 0 Å². The number of ether oxygens (including phenoxy) is 1. The molecule has 2 aromatic carbocycles. The first kappa shape index (κ1) is 22.6. The zero-order valence-electron chi connectivity index (χ0n) is 19.4. The second kappa shape index (κ2) is 9.57. The van der Waals surface area contributed by atoms with E-state index in [0.29, 0.717) is 22.7 Å². The van der Waals surface area contributed by atoms with Gasteiger partial charge in [0, 0.05) is 30.6 Å². The number of aromatic nitrogens is 4. The Labute approximate surface area is 207 Å². The fourth-order valence-electron chi connectivity index (χ4n) is 4.06. The molecule has 0 spiro atoms. The summed E-state index contributed by atoms with van der Waals surface area (Å²) < 4.78 is 7.42. The lowest BCUT2D eigenvalue weighted by Crippen LogP contribution is -2.06. The van der Waals surface area contributed by atoms with Crippen molar-refractivity contribution in [3.05, 3.63) is 72.3 Å². The van der Waals surface area contributed by atoms with E-state index in [0.717, 1.165) is 39.4 Å². The van der Waals surface area contributed by atoms with Crippen LogP contribution in [0, 0.1) is 0 Å². The second-order valence-electron chi connectivity index (χ2n) is 7.69. The van der Waals surface area contributed by atoms with Crippen molar-refractivity contribution < 1.29 is 9.57 Å². The van der Waals surface area contributed by atoms with E-state index in [2.05, 4.69) is 38.2 Å². The van der Waals surface area contributed by atoms with E-state index >= 15 is 0 Å². The smallest absolute Gasteiger partial charge is 0.207 e. The zero-order valence-corrected chi connectivity index (χ0v) is 20.1. The van der Waals surface area contributed by atoms with E-state index in [9.17, 15) is 0 Å². The van der Waals surface area contributed by atoms with Gasteiger partial charge in [-0.05, 0) is 23.8 Å². The highest BCUT2D eigenvalue weighted by molar-refractivity contribution is 6.29. The van der Waals surface area contributed by atoms with Crippen LogP contribution in [0.5, 0.6) is 5.75 Å². The minimum absolute atomic E-state index is 0.409. The molecular formula is C25H24ClN7O2. The number of anilines is 4. The Morgan fingerprint density at radius 2 is 1.89 bits per heavy atom. The van der Waals surface area contributed by atoms with E-state index in [-0.39, 0.29) is 0 Å². The topological polar surface area (TPSA) is 101 Å². The lowest BCUT2D eigenvalue weighted by atomic mass is 10.1. The summed E-state index contributed by atoms with van der Waals surface area (Å²) in [7, 11) is 5.05. The maximum atomic E-state index is 5.98. The predicted octanol–water partition coefficient (Wildman–Crippen LogP) is 5.79. The van der Waals surface area contributed by atoms with Crippen molar-refractivity contribution in [2.75, 3.05) is 37.4 Å². The van der Waals surface area contributed by atoms with Crippen LogP contribution in [0.2, 0.25) is 5.15 Å². The molecule has 0 fully saturated rings. The number of nitrogens with one attached hydrogen (secondary N) is 4. The molecule has 0 amide bonds. The first-order chi connectivity index (χ1) is 17.1. The van der Waals surface area contributed by atoms with Crippen LogP contribution in [-0.4, -0.2) is 40.8 Å². The fourth-order valence-corrected chi connectivity index (χ4v) is 4.21. The summed E-state index contributed by atoms with van der Waals surface area (Å²) in [4.78, 5) is 17.5. The van der Waals surface area contributed by atoms with Crippen molar-refractivity contribution in [1.29, 1.82) is 0 Å². The van der Waals surface area contributed by atoms with Crippen LogP contribution in [0.15, 0.2) is 67.1 Å². The summed E-state index contributed by atoms with van der Waals surface area (Å²) in [6.07, 6.45) is 3.36. The average molecular weight is 490 g/mol. The summed E-state index contributed by atoms with van der Waals surface area (Å²) in [5.74, 6) is 1.91. The number of nitrogens with zero attached hydrogens (tertiary/aromatic N) is 3. The number of hydrogen-bond donors (Lipinski definition) is 4. The van der Waals surface area contributed by atoms with Gasteiger partial charge in [0.25, 0.3) is 0 Å². The molecule has 4 N–H and O–H groups in total. The van der Waals surface area contributed by atoms with E-state index in [4.69, 9.17) is 26.2 Å². The van der Waals surface area contributed by atoms with Gasteiger partial charge in [0.2, 0.25) is 5.95 Å². The SMILES string of the molecule is CNc1nc(Nc2ccc(-n3cnc(Cl)c3)c(OC)c2)[nH]c2c(-c3ccccc3)cc(NOC)c1-2. The molecule has 2 aliphatic rings. The van der Waals surface area contributed by atoms with Gasteiger partial charge in [-0.2, -0.15) is 4.98 Å². The zero-order chi connectivity index (χ0) is 24.4. The Morgan fingerprint density at radius 3 is 2.57 bits per heavy atom. The summed E-state index contributed by atoms with van der Waals surface area (Å²) in [6, 6.07) is 17.9. The largest absolute Gasteiger partial charge is 0.494 e. The number of halogens is 1. The van der Waals surface area contributed by atoms with Crippen LogP contribution in [-0.2, 0) is 4.84 Å². The van der Waals surface area contributed by atoms with Crippen LogP contribution in [0.1, 0.15) is 0 Å². The van der Waals surface area contributed by atoms with E-state index in [1.807, 2.05) is 49.5 Å². The highest BCUT2D eigenvalue weighted by Gasteiger charge is 2.23. The Hall–Kier alpha value is -4.21. The summed E-state index contributed by atoms with van der Waals surface area (Å²) in [6.45, 7) is 0.